The summed E-state index contributed by atoms with van der Waals surface area (Å²) in [5.74, 6) is 2.03. The van der Waals surface area contributed by atoms with E-state index in [0.717, 1.165) is 86.6 Å². The van der Waals surface area contributed by atoms with Crippen molar-refractivity contribution in [3.63, 3.8) is 0 Å². The molecule has 1 amide bonds. The predicted molar refractivity (Wildman–Crippen MR) is 127 cm³/mol. The summed E-state index contributed by atoms with van der Waals surface area (Å²) in [5.41, 5.74) is 4.20. The molecule has 0 atom stereocenters. The smallest absolute Gasteiger partial charge is 0.253 e. The van der Waals surface area contributed by atoms with Crippen molar-refractivity contribution in [3.05, 3.63) is 46.6 Å². The van der Waals surface area contributed by atoms with Crippen molar-refractivity contribution in [1.29, 1.82) is 0 Å². The van der Waals surface area contributed by atoms with Crippen LogP contribution < -0.4 is 4.90 Å². The van der Waals surface area contributed by atoms with Gasteiger partial charge in [0.1, 0.15) is 5.82 Å². The summed E-state index contributed by atoms with van der Waals surface area (Å²) < 4.78 is 0. The number of hydrogen-bond acceptors (Lipinski definition) is 6. The number of anilines is 1. The fourth-order valence-corrected chi connectivity index (χ4v) is 5.07. The summed E-state index contributed by atoms with van der Waals surface area (Å²) in [7, 11) is 0. The third-order valence-electron chi connectivity index (χ3n) is 6.42. The van der Waals surface area contributed by atoms with Gasteiger partial charge in [-0.2, -0.15) is 0 Å². The Bertz CT molecular complexity index is 903. The number of carbonyl (C=O) groups is 1. The quantitative estimate of drug-likeness (QED) is 0.505. The number of benzene rings is 1. The molecule has 6 nitrogen and oxygen atoms in total. The minimum Gasteiger partial charge on any atom is -0.354 e. The molecule has 0 N–H and O–H groups in total. The van der Waals surface area contributed by atoms with Crippen LogP contribution in [0, 0.1) is 13.8 Å². The maximum absolute atomic E-state index is 12.5. The minimum atomic E-state index is 0.155. The largest absolute Gasteiger partial charge is 0.354 e. The van der Waals surface area contributed by atoms with E-state index < -0.39 is 0 Å². The van der Waals surface area contributed by atoms with Gasteiger partial charge in [-0.15, -0.1) is 0 Å². The number of hydrogen-bond donors (Lipinski definition) is 0. The zero-order valence-corrected chi connectivity index (χ0v) is 19.7. The first kappa shape index (κ1) is 22.1. The number of aromatic nitrogens is 2. The van der Waals surface area contributed by atoms with E-state index in [1.54, 1.807) is 11.8 Å². The number of thioether (sulfide) groups is 1. The number of rotatable bonds is 6. The molecule has 0 radical (unpaired) electrons. The average molecular weight is 440 g/mol. The van der Waals surface area contributed by atoms with Gasteiger partial charge in [0.2, 0.25) is 0 Å². The van der Waals surface area contributed by atoms with E-state index >= 15 is 0 Å². The van der Waals surface area contributed by atoms with Gasteiger partial charge in [-0.3, -0.25) is 4.79 Å². The molecule has 0 aliphatic carbocycles. The van der Waals surface area contributed by atoms with Crippen LogP contribution in [0.1, 0.15) is 46.9 Å². The molecule has 0 spiro atoms. The highest BCUT2D eigenvalue weighted by molar-refractivity contribution is 7.98. The molecule has 0 bridgehead atoms. The highest BCUT2D eigenvalue weighted by atomic mass is 32.2. The molecular weight excluding hydrogens is 406 g/mol. The van der Waals surface area contributed by atoms with Gasteiger partial charge >= 0.3 is 0 Å². The van der Waals surface area contributed by atoms with Gasteiger partial charge in [-0.1, -0.05) is 30.8 Å². The summed E-state index contributed by atoms with van der Waals surface area (Å²) in [4.78, 5) is 29.0. The fraction of sp³-hybridized carbons (Fsp3) is 0.542. The third-order valence-corrected chi connectivity index (χ3v) is 7.34. The summed E-state index contributed by atoms with van der Waals surface area (Å²) in [5, 5.41) is 0.827. The fourth-order valence-electron chi connectivity index (χ4n) is 4.23. The zero-order chi connectivity index (χ0) is 21.8. The Hall–Kier alpha value is -2.12. The van der Waals surface area contributed by atoms with Crippen LogP contribution in [-0.4, -0.2) is 71.5 Å². The molecule has 0 saturated carbocycles. The molecule has 2 aliphatic heterocycles. The molecular formula is C24H33N5OS. The van der Waals surface area contributed by atoms with Crippen molar-refractivity contribution in [2.45, 2.75) is 44.5 Å². The van der Waals surface area contributed by atoms with Gasteiger partial charge in [0.05, 0.1) is 0 Å². The Morgan fingerprint density at radius 1 is 0.968 bits per heavy atom. The van der Waals surface area contributed by atoms with Crippen LogP contribution in [0.15, 0.2) is 29.4 Å². The molecule has 2 fully saturated rings. The lowest BCUT2D eigenvalue weighted by atomic mass is 10.1. The monoisotopic (exact) mass is 439 g/mol. The number of carbonyl (C=O) groups excluding carboxylic acids is 1. The molecule has 1 aromatic carbocycles. The van der Waals surface area contributed by atoms with E-state index in [1.807, 2.05) is 17.0 Å². The number of likely N-dealkylation sites (tertiary alicyclic amines) is 1. The van der Waals surface area contributed by atoms with E-state index in [2.05, 4.69) is 42.7 Å². The number of piperazine rings is 1. The van der Waals surface area contributed by atoms with E-state index in [4.69, 9.17) is 9.97 Å². The van der Waals surface area contributed by atoms with Gasteiger partial charge in [0, 0.05) is 61.8 Å². The van der Waals surface area contributed by atoms with Gasteiger partial charge < -0.3 is 14.7 Å². The van der Waals surface area contributed by atoms with Crippen molar-refractivity contribution >= 4 is 23.5 Å². The molecule has 2 saturated heterocycles. The van der Waals surface area contributed by atoms with Gasteiger partial charge in [0.25, 0.3) is 5.91 Å². The lowest BCUT2D eigenvalue weighted by Crippen LogP contribution is -2.46. The lowest BCUT2D eigenvalue weighted by Gasteiger charge is -2.35. The Labute approximate surface area is 190 Å². The molecule has 0 unspecified atom stereocenters. The Kier molecular flexibility index (Phi) is 7.13. The van der Waals surface area contributed by atoms with E-state index in [1.165, 1.54) is 11.1 Å². The van der Waals surface area contributed by atoms with Gasteiger partial charge in [0.15, 0.2) is 5.16 Å². The van der Waals surface area contributed by atoms with E-state index in [-0.39, 0.29) is 5.91 Å². The third kappa shape index (κ3) is 5.21. The average Bonchev–Trinajstić information content (AvgIpc) is 3.35. The lowest BCUT2D eigenvalue weighted by molar-refractivity contribution is 0.0793. The standard InChI is InChI=1S/C24H33N5OS/c1-4-27-13-15-28(16-14-27)22-18(2)19(3)25-24(26-22)31-17-20-7-9-21(10-8-20)23(30)29-11-5-6-12-29/h7-10H,4-6,11-17H2,1-3H3. The summed E-state index contributed by atoms with van der Waals surface area (Å²) in [6.07, 6.45) is 2.24. The predicted octanol–water partition coefficient (Wildman–Crippen LogP) is 3.76. The van der Waals surface area contributed by atoms with Crippen LogP contribution in [0.3, 0.4) is 0 Å². The van der Waals surface area contributed by atoms with Gasteiger partial charge in [-0.05, 0) is 50.9 Å². The zero-order valence-electron chi connectivity index (χ0n) is 18.9. The van der Waals surface area contributed by atoms with Crippen LogP contribution in [0.5, 0.6) is 0 Å². The van der Waals surface area contributed by atoms with Crippen molar-refractivity contribution in [3.8, 4) is 0 Å². The molecule has 1 aromatic heterocycles. The topological polar surface area (TPSA) is 52.6 Å². The van der Waals surface area contributed by atoms with Gasteiger partial charge in [-0.25, -0.2) is 9.97 Å². The second kappa shape index (κ2) is 10.0. The molecule has 3 heterocycles. The van der Waals surface area contributed by atoms with Crippen LogP contribution in [0.2, 0.25) is 0 Å². The molecule has 7 heteroatoms. The Morgan fingerprint density at radius 2 is 1.65 bits per heavy atom. The Balaban J connectivity index is 1.40. The normalized spacial score (nSPS) is 17.4. The van der Waals surface area contributed by atoms with Crippen LogP contribution >= 0.6 is 11.8 Å². The molecule has 2 aromatic rings. The second-order valence-electron chi connectivity index (χ2n) is 8.45. The molecule has 31 heavy (non-hydrogen) atoms. The molecule has 4 rings (SSSR count). The van der Waals surface area contributed by atoms with Crippen molar-refractivity contribution in [2.75, 3.05) is 50.7 Å². The first-order chi connectivity index (χ1) is 15.0. The van der Waals surface area contributed by atoms with Crippen molar-refractivity contribution < 1.29 is 4.79 Å². The highest BCUT2D eigenvalue weighted by Gasteiger charge is 2.21. The number of amides is 1. The molecule has 2 aliphatic rings. The SMILES string of the molecule is CCN1CCN(c2nc(SCc3ccc(C(=O)N4CCCC4)cc3)nc(C)c2C)CC1. The second-order valence-corrected chi connectivity index (χ2v) is 9.39. The number of nitrogens with zero attached hydrogens (tertiary/aromatic N) is 5. The summed E-state index contributed by atoms with van der Waals surface area (Å²) in [6, 6.07) is 8.03. The van der Waals surface area contributed by atoms with Crippen LogP contribution in [-0.2, 0) is 5.75 Å². The van der Waals surface area contributed by atoms with Crippen LogP contribution in [0.4, 0.5) is 5.82 Å². The van der Waals surface area contributed by atoms with Crippen LogP contribution in [0.25, 0.3) is 0 Å². The minimum absolute atomic E-state index is 0.155. The van der Waals surface area contributed by atoms with Crippen molar-refractivity contribution in [2.24, 2.45) is 0 Å². The maximum atomic E-state index is 12.5. The maximum Gasteiger partial charge on any atom is 0.253 e. The number of aryl methyl sites for hydroxylation is 1. The first-order valence-corrected chi connectivity index (χ1v) is 12.4. The Morgan fingerprint density at radius 3 is 2.29 bits per heavy atom. The number of likely N-dealkylation sites (N-methyl/N-ethyl adjacent to an activating group) is 1. The van der Waals surface area contributed by atoms with Crippen molar-refractivity contribution in [1.82, 2.24) is 19.8 Å². The highest BCUT2D eigenvalue weighted by Crippen LogP contribution is 2.27. The first-order valence-electron chi connectivity index (χ1n) is 11.4. The summed E-state index contributed by atoms with van der Waals surface area (Å²) in [6.45, 7) is 13.5. The summed E-state index contributed by atoms with van der Waals surface area (Å²) >= 11 is 1.66. The van der Waals surface area contributed by atoms with E-state index in [0.29, 0.717) is 0 Å². The molecule has 166 valence electrons. The van der Waals surface area contributed by atoms with E-state index in [9.17, 15) is 4.79 Å².